The number of benzene rings is 1. The second-order valence-electron chi connectivity index (χ2n) is 8.36. The molecule has 0 aliphatic carbocycles. The zero-order chi connectivity index (χ0) is 23.4. The highest BCUT2D eigenvalue weighted by Gasteiger charge is 2.24. The number of Topliss-reactive ketones (excluding diaryl/α,β-unsaturated/α-hetero) is 1. The average Bonchev–Trinajstić information content (AvgIpc) is 3.14. The summed E-state index contributed by atoms with van der Waals surface area (Å²) in [5, 5.41) is 14.5. The SMILES string of the molecule is CNC(=O)NCc1cnc2c(C(=O)CN3CCCCC3)c(C)n(-c3ccc(C#N)cc3)c2c1. The van der Waals surface area contributed by atoms with E-state index >= 15 is 0 Å². The highest BCUT2D eigenvalue weighted by Crippen LogP contribution is 2.29. The van der Waals surface area contributed by atoms with E-state index in [-0.39, 0.29) is 11.8 Å². The van der Waals surface area contributed by atoms with Crippen molar-refractivity contribution < 1.29 is 9.59 Å². The fourth-order valence-electron chi connectivity index (χ4n) is 4.44. The van der Waals surface area contributed by atoms with Crippen LogP contribution >= 0.6 is 0 Å². The molecule has 8 heteroatoms. The Morgan fingerprint density at radius 2 is 1.88 bits per heavy atom. The number of rotatable bonds is 6. The molecule has 1 saturated heterocycles. The van der Waals surface area contributed by atoms with Crippen molar-refractivity contribution in [1.29, 1.82) is 5.26 Å². The first-order chi connectivity index (χ1) is 16.0. The lowest BCUT2D eigenvalue weighted by Crippen LogP contribution is -2.34. The van der Waals surface area contributed by atoms with Crippen LogP contribution in [0.4, 0.5) is 4.79 Å². The van der Waals surface area contributed by atoms with Gasteiger partial charge in [0.25, 0.3) is 0 Å². The number of carbonyl (C=O) groups excluding carboxylic acids is 2. The summed E-state index contributed by atoms with van der Waals surface area (Å²) in [5.74, 6) is 0.0653. The number of amides is 2. The van der Waals surface area contributed by atoms with Crippen molar-refractivity contribution in [3.05, 3.63) is 58.9 Å². The Hall–Kier alpha value is -3.70. The lowest BCUT2D eigenvalue weighted by molar-refractivity contribution is 0.0916. The molecule has 0 unspecified atom stereocenters. The van der Waals surface area contributed by atoms with E-state index in [1.165, 1.54) is 6.42 Å². The first-order valence-corrected chi connectivity index (χ1v) is 11.2. The minimum Gasteiger partial charge on any atom is -0.341 e. The van der Waals surface area contributed by atoms with Crippen molar-refractivity contribution in [1.82, 2.24) is 25.1 Å². The van der Waals surface area contributed by atoms with E-state index in [4.69, 9.17) is 5.26 Å². The fraction of sp³-hybridized carbons (Fsp3) is 0.360. The number of hydrogen-bond donors (Lipinski definition) is 2. The molecule has 170 valence electrons. The summed E-state index contributed by atoms with van der Waals surface area (Å²) in [6.45, 7) is 4.53. The van der Waals surface area contributed by atoms with Crippen LogP contribution in [0.1, 0.15) is 46.4 Å². The first-order valence-electron chi connectivity index (χ1n) is 11.2. The lowest BCUT2D eigenvalue weighted by Gasteiger charge is -2.25. The summed E-state index contributed by atoms with van der Waals surface area (Å²) in [6, 6.07) is 11.1. The third kappa shape index (κ3) is 4.73. The Bertz CT molecular complexity index is 1220. The molecule has 0 spiro atoms. The Morgan fingerprint density at radius 3 is 2.55 bits per heavy atom. The highest BCUT2D eigenvalue weighted by atomic mass is 16.2. The molecule has 0 atom stereocenters. The van der Waals surface area contributed by atoms with E-state index in [0.29, 0.717) is 29.7 Å². The van der Waals surface area contributed by atoms with Gasteiger partial charge in [0.15, 0.2) is 5.78 Å². The van der Waals surface area contributed by atoms with Crippen LogP contribution in [-0.2, 0) is 6.54 Å². The minimum atomic E-state index is -0.272. The van der Waals surface area contributed by atoms with Gasteiger partial charge in [-0.15, -0.1) is 0 Å². The van der Waals surface area contributed by atoms with E-state index in [9.17, 15) is 9.59 Å². The number of urea groups is 1. The predicted molar refractivity (Wildman–Crippen MR) is 126 cm³/mol. The van der Waals surface area contributed by atoms with Crippen LogP contribution in [0.2, 0.25) is 0 Å². The van der Waals surface area contributed by atoms with Crippen LogP contribution in [0, 0.1) is 18.3 Å². The van der Waals surface area contributed by atoms with Crippen LogP contribution in [-0.4, -0.2) is 52.9 Å². The lowest BCUT2D eigenvalue weighted by atomic mass is 10.1. The summed E-state index contributed by atoms with van der Waals surface area (Å²) in [4.78, 5) is 31.9. The van der Waals surface area contributed by atoms with E-state index in [2.05, 4.69) is 26.6 Å². The molecule has 2 N–H and O–H groups in total. The number of nitrogens with one attached hydrogen (secondary N) is 2. The molecule has 0 bridgehead atoms. The molecule has 0 radical (unpaired) electrons. The summed E-state index contributed by atoms with van der Waals surface area (Å²) in [7, 11) is 1.57. The monoisotopic (exact) mass is 444 g/mol. The van der Waals surface area contributed by atoms with E-state index in [0.717, 1.165) is 48.4 Å². The molecular weight excluding hydrogens is 416 g/mol. The number of likely N-dealkylation sites (tertiary alicyclic amines) is 1. The molecule has 2 amide bonds. The van der Waals surface area contributed by atoms with Gasteiger partial charge in [0, 0.05) is 31.2 Å². The summed E-state index contributed by atoms with van der Waals surface area (Å²) < 4.78 is 2.01. The minimum absolute atomic E-state index is 0.0653. The van der Waals surface area contributed by atoms with Crippen molar-refractivity contribution >= 4 is 22.8 Å². The van der Waals surface area contributed by atoms with Gasteiger partial charge in [0.1, 0.15) is 0 Å². The number of nitriles is 1. The fourth-order valence-corrected chi connectivity index (χ4v) is 4.44. The predicted octanol–water partition coefficient (Wildman–Crippen LogP) is 3.30. The molecule has 1 fully saturated rings. The summed E-state index contributed by atoms with van der Waals surface area (Å²) in [6.07, 6.45) is 5.17. The number of piperidine rings is 1. The topological polar surface area (TPSA) is 103 Å². The van der Waals surface area contributed by atoms with E-state index in [1.54, 1.807) is 25.4 Å². The number of hydrogen-bond acceptors (Lipinski definition) is 5. The third-order valence-electron chi connectivity index (χ3n) is 6.13. The smallest absolute Gasteiger partial charge is 0.314 e. The van der Waals surface area contributed by atoms with Crippen molar-refractivity contribution in [3.63, 3.8) is 0 Å². The van der Waals surface area contributed by atoms with Crippen LogP contribution in [0.25, 0.3) is 16.7 Å². The quantitative estimate of drug-likeness (QED) is 0.568. The second-order valence-corrected chi connectivity index (χ2v) is 8.36. The molecule has 33 heavy (non-hydrogen) atoms. The van der Waals surface area contributed by atoms with E-state index < -0.39 is 0 Å². The van der Waals surface area contributed by atoms with Gasteiger partial charge in [-0.2, -0.15) is 5.26 Å². The van der Waals surface area contributed by atoms with Crippen LogP contribution in [0.3, 0.4) is 0 Å². The highest BCUT2D eigenvalue weighted by molar-refractivity contribution is 6.09. The molecule has 0 saturated carbocycles. The van der Waals surface area contributed by atoms with Gasteiger partial charge in [0.05, 0.1) is 34.8 Å². The Balaban J connectivity index is 1.78. The number of ketones is 1. The number of nitrogens with zero attached hydrogens (tertiary/aromatic N) is 4. The van der Waals surface area contributed by atoms with Gasteiger partial charge in [-0.05, 0) is 68.8 Å². The molecule has 3 heterocycles. The molecule has 2 aromatic heterocycles. The van der Waals surface area contributed by atoms with Crippen LogP contribution < -0.4 is 10.6 Å². The molecule has 1 aliphatic heterocycles. The number of carbonyl (C=O) groups is 2. The van der Waals surface area contributed by atoms with Crippen molar-refractivity contribution in [2.75, 3.05) is 26.7 Å². The molecule has 4 rings (SSSR count). The normalized spacial score (nSPS) is 14.1. The van der Waals surface area contributed by atoms with Crippen molar-refractivity contribution in [2.24, 2.45) is 0 Å². The Morgan fingerprint density at radius 1 is 1.15 bits per heavy atom. The van der Waals surface area contributed by atoms with Gasteiger partial charge >= 0.3 is 6.03 Å². The summed E-state index contributed by atoms with van der Waals surface area (Å²) >= 11 is 0. The zero-order valence-corrected chi connectivity index (χ0v) is 19.0. The van der Waals surface area contributed by atoms with Gasteiger partial charge in [0.2, 0.25) is 0 Å². The number of pyridine rings is 1. The zero-order valence-electron chi connectivity index (χ0n) is 19.0. The van der Waals surface area contributed by atoms with Crippen molar-refractivity contribution in [3.8, 4) is 11.8 Å². The standard InChI is InChI=1S/C25H28N6O2/c1-17-23(22(32)16-30-10-4-3-5-11-30)24-21(12-19(14-28-24)15-29-25(33)27-2)31(17)20-8-6-18(13-26)7-9-20/h6-9,12,14H,3-5,10-11,15-16H2,1-2H3,(H2,27,29,33). The van der Waals surface area contributed by atoms with Crippen LogP contribution in [0.15, 0.2) is 36.5 Å². The van der Waals surface area contributed by atoms with Crippen LogP contribution in [0.5, 0.6) is 0 Å². The van der Waals surface area contributed by atoms with Gasteiger partial charge < -0.3 is 15.2 Å². The average molecular weight is 445 g/mol. The van der Waals surface area contributed by atoms with Gasteiger partial charge in [-0.3, -0.25) is 14.7 Å². The maximum Gasteiger partial charge on any atom is 0.314 e. The third-order valence-corrected chi connectivity index (χ3v) is 6.13. The van der Waals surface area contributed by atoms with Gasteiger partial charge in [-0.1, -0.05) is 6.42 Å². The largest absolute Gasteiger partial charge is 0.341 e. The number of fused-ring (bicyclic) bond motifs is 1. The molecule has 1 aliphatic rings. The maximum atomic E-state index is 13.4. The van der Waals surface area contributed by atoms with Crippen molar-refractivity contribution in [2.45, 2.75) is 32.7 Å². The van der Waals surface area contributed by atoms with E-state index in [1.807, 2.05) is 29.7 Å². The second kappa shape index (κ2) is 9.84. The van der Waals surface area contributed by atoms with Gasteiger partial charge in [-0.25, -0.2) is 4.79 Å². The Labute approximate surface area is 193 Å². The number of aromatic nitrogens is 2. The molecule has 1 aromatic carbocycles. The maximum absolute atomic E-state index is 13.4. The molecular formula is C25H28N6O2. The molecule has 8 nitrogen and oxygen atoms in total. The molecule has 3 aromatic rings. The summed E-state index contributed by atoms with van der Waals surface area (Å²) in [5.41, 5.74) is 5.16. The Kier molecular flexibility index (Phi) is 6.71. The first kappa shape index (κ1) is 22.5.